The summed E-state index contributed by atoms with van der Waals surface area (Å²) >= 11 is 0. The van der Waals surface area contributed by atoms with Crippen molar-refractivity contribution in [1.82, 2.24) is 15.1 Å². The lowest BCUT2D eigenvalue weighted by Gasteiger charge is -2.26. The maximum Gasteiger partial charge on any atom is 0.273 e. The van der Waals surface area contributed by atoms with Crippen molar-refractivity contribution in [2.75, 3.05) is 26.9 Å². The molecule has 1 aliphatic rings. The monoisotopic (exact) mass is 391 g/mol. The van der Waals surface area contributed by atoms with Crippen molar-refractivity contribution in [2.24, 2.45) is 0 Å². The molecule has 6 nitrogen and oxygen atoms in total. The van der Waals surface area contributed by atoms with Gasteiger partial charge < -0.3 is 14.4 Å². The van der Waals surface area contributed by atoms with E-state index >= 15 is 0 Å². The van der Waals surface area contributed by atoms with Crippen molar-refractivity contribution in [3.63, 3.8) is 0 Å². The first-order chi connectivity index (χ1) is 14.2. The third-order valence-electron chi connectivity index (χ3n) is 5.23. The molecule has 2 aromatic carbocycles. The van der Waals surface area contributed by atoms with E-state index in [0.29, 0.717) is 25.5 Å². The first kappa shape index (κ1) is 19.2. The van der Waals surface area contributed by atoms with Gasteiger partial charge in [-0.2, -0.15) is 5.10 Å². The highest BCUT2D eigenvalue weighted by molar-refractivity contribution is 6.00. The summed E-state index contributed by atoms with van der Waals surface area (Å²) in [6.07, 6.45) is 0.790. The molecular weight excluding hydrogens is 366 g/mol. The first-order valence-corrected chi connectivity index (χ1v) is 9.91. The van der Waals surface area contributed by atoms with Gasteiger partial charge in [0.15, 0.2) is 0 Å². The van der Waals surface area contributed by atoms with Gasteiger partial charge in [-0.3, -0.25) is 9.89 Å². The number of benzene rings is 2. The van der Waals surface area contributed by atoms with Crippen molar-refractivity contribution in [1.29, 1.82) is 0 Å². The zero-order chi connectivity index (χ0) is 20.2. The Hall–Kier alpha value is -3.12. The molecule has 0 fully saturated rings. The zero-order valence-corrected chi connectivity index (χ0v) is 16.7. The van der Waals surface area contributed by atoms with Crippen LogP contribution in [0, 0.1) is 0 Å². The van der Waals surface area contributed by atoms with Crippen molar-refractivity contribution >= 4 is 5.91 Å². The molecule has 6 heteroatoms. The fourth-order valence-corrected chi connectivity index (χ4v) is 3.86. The average molecular weight is 391 g/mol. The summed E-state index contributed by atoms with van der Waals surface area (Å²) in [5, 5.41) is 7.49. The minimum atomic E-state index is -0.170. The van der Waals surface area contributed by atoms with E-state index in [2.05, 4.69) is 22.3 Å². The van der Waals surface area contributed by atoms with E-state index in [1.807, 2.05) is 54.3 Å². The molecule has 0 saturated heterocycles. The predicted molar refractivity (Wildman–Crippen MR) is 111 cm³/mol. The second-order valence-corrected chi connectivity index (χ2v) is 6.95. The molecule has 4 rings (SSSR count). The molecule has 1 aromatic heterocycles. The topological polar surface area (TPSA) is 67.5 Å². The molecule has 1 amide bonds. The molecule has 0 unspecified atom stereocenters. The second-order valence-electron chi connectivity index (χ2n) is 6.95. The van der Waals surface area contributed by atoms with Gasteiger partial charge in [-0.05, 0) is 43.2 Å². The van der Waals surface area contributed by atoms with Crippen LogP contribution in [0.4, 0.5) is 0 Å². The number of methoxy groups -OCH3 is 1. The Balaban J connectivity index is 1.73. The Labute approximate surface area is 170 Å². The molecule has 0 bridgehead atoms. The Morgan fingerprint density at radius 2 is 1.86 bits per heavy atom. The molecule has 150 valence electrons. The van der Waals surface area contributed by atoms with Crippen LogP contribution in [0.5, 0.6) is 5.75 Å². The van der Waals surface area contributed by atoms with Crippen molar-refractivity contribution in [2.45, 2.75) is 19.4 Å². The molecule has 1 atom stereocenters. The van der Waals surface area contributed by atoms with Crippen LogP contribution in [-0.4, -0.2) is 47.9 Å². The number of H-pyrrole nitrogens is 1. The molecule has 0 radical (unpaired) electrons. The number of hydrogen-bond donors (Lipinski definition) is 1. The molecule has 1 N–H and O–H groups in total. The van der Waals surface area contributed by atoms with Gasteiger partial charge in [0.05, 0.1) is 18.8 Å². The number of nitrogens with zero attached hydrogens (tertiary/aromatic N) is 2. The Bertz CT molecular complexity index is 967. The molecule has 0 spiro atoms. The smallest absolute Gasteiger partial charge is 0.273 e. The van der Waals surface area contributed by atoms with Crippen LogP contribution in [0.25, 0.3) is 11.3 Å². The fourth-order valence-electron chi connectivity index (χ4n) is 3.86. The standard InChI is InChI=1S/C23H25N3O3/c1-3-29-15-7-14-26-22(17-8-5-4-6-9-17)19-20(24-25-21(19)23(26)27)16-10-12-18(28-2)13-11-16/h4-6,8-13,22H,3,7,14-15H2,1-2H3,(H,24,25)/t22-/m0/s1. The highest BCUT2D eigenvalue weighted by Gasteiger charge is 2.41. The summed E-state index contributed by atoms with van der Waals surface area (Å²) < 4.78 is 10.7. The number of carbonyl (C=O) groups is 1. The van der Waals surface area contributed by atoms with E-state index in [4.69, 9.17) is 9.47 Å². The van der Waals surface area contributed by atoms with Crippen LogP contribution in [-0.2, 0) is 4.74 Å². The normalized spacial score (nSPS) is 15.6. The van der Waals surface area contributed by atoms with Gasteiger partial charge in [0.2, 0.25) is 0 Å². The number of rotatable bonds is 8. The van der Waals surface area contributed by atoms with Gasteiger partial charge in [-0.25, -0.2) is 0 Å². The van der Waals surface area contributed by atoms with E-state index in [9.17, 15) is 4.79 Å². The van der Waals surface area contributed by atoms with Crippen molar-refractivity contribution in [3.05, 3.63) is 71.4 Å². The lowest BCUT2D eigenvalue weighted by Crippen LogP contribution is -2.31. The van der Waals surface area contributed by atoms with E-state index in [-0.39, 0.29) is 11.9 Å². The van der Waals surface area contributed by atoms with Crippen molar-refractivity contribution in [3.8, 4) is 17.0 Å². The lowest BCUT2D eigenvalue weighted by atomic mass is 9.96. The summed E-state index contributed by atoms with van der Waals surface area (Å²) in [5.41, 5.74) is 4.33. The number of amides is 1. The Morgan fingerprint density at radius 3 is 2.55 bits per heavy atom. The number of nitrogens with one attached hydrogen (secondary N) is 1. The maximum absolute atomic E-state index is 13.2. The number of aromatic nitrogens is 2. The Kier molecular flexibility index (Phi) is 5.62. The third-order valence-corrected chi connectivity index (χ3v) is 5.23. The molecular formula is C23H25N3O3. The van der Waals surface area contributed by atoms with E-state index in [1.54, 1.807) is 7.11 Å². The van der Waals surface area contributed by atoms with Crippen LogP contribution < -0.4 is 4.74 Å². The molecule has 2 heterocycles. The molecule has 3 aromatic rings. The van der Waals surface area contributed by atoms with Crippen LogP contribution in [0.3, 0.4) is 0 Å². The van der Waals surface area contributed by atoms with Gasteiger partial charge in [-0.1, -0.05) is 30.3 Å². The Morgan fingerprint density at radius 1 is 1.10 bits per heavy atom. The molecule has 0 saturated carbocycles. The predicted octanol–water partition coefficient (Wildman–Crippen LogP) is 4.06. The number of ether oxygens (including phenoxy) is 2. The first-order valence-electron chi connectivity index (χ1n) is 9.91. The lowest BCUT2D eigenvalue weighted by molar-refractivity contribution is 0.0710. The van der Waals surface area contributed by atoms with Gasteiger partial charge >= 0.3 is 0 Å². The van der Waals surface area contributed by atoms with Crippen LogP contribution in [0.2, 0.25) is 0 Å². The van der Waals surface area contributed by atoms with E-state index in [1.165, 1.54) is 0 Å². The SMILES string of the molecule is CCOCCCN1C(=O)c2[nH]nc(-c3ccc(OC)cc3)c2[C@@H]1c1ccccc1. The van der Waals surface area contributed by atoms with Gasteiger partial charge in [-0.15, -0.1) is 0 Å². The maximum atomic E-state index is 13.2. The molecule has 29 heavy (non-hydrogen) atoms. The summed E-state index contributed by atoms with van der Waals surface area (Å²) in [4.78, 5) is 15.1. The van der Waals surface area contributed by atoms with Crippen LogP contribution in [0.15, 0.2) is 54.6 Å². The number of carbonyl (C=O) groups excluding carboxylic acids is 1. The van der Waals surface area contributed by atoms with E-state index in [0.717, 1.165) is 34.6 Å². The fraction of sp³-hybridized carbons (Fsp3) is 0.304. The highest BCUT2D eigenvalue weighted by atomic mass is 16.5. The minimum Gasteiger partial charge on any atom is -0.497 e. The minimum absolute atomic E-state index is 0.0161. The molecule has 1 aliphatic heterocycles. The number of fused-ring (bicyclic) bond motifs is 1. The average Bonchev–Trinajstić information content (AvgIpc) is 3.31. The van der Waals surface area contributed by atoms with Gasteiger partial charge in [0.25, 0.3) is 5.91 Å². The number of hydrogen-bond acceptors (Lipinski definition) is 4. The van der Waals surface area contributed by atoms with Gasteiger partial charge in [0, 0.05) is 30.9 Å². The second kappa shape index (κ2) is 8.49. The van der Waals surface area contributed by atoms with Crippen molar-refractivity contribution < 1.29 is 14.3 Å². The van der Waals surface area contributed by atoms with Gasteiger partial charge in [0.1, 0.15) is 11.4 Å². The van der Waals surface area contributed by atoms with E-state index < -0.39 is 0 Å². The van der Waals surface area contributed by atoms with Crippen LogP contribution in [0.1, 0.15) is 41.0 Å². The summed E-state index contributed by atoms with van der Waals surface area (Å²) in [6, 6.07) is 17.7. The third kappa shape index (κ3) is 3.63. The van der Waals surface area contributed by atoms with Crippen LogP contribution >= 0.6 is 0 Å². The number of aromatic amines is 1. The summed E-state index contributed by atoms with van der Waals surface area (Å²) in [5.74, 6) is 0.770. The largest absolute Gasteiger partial charge is 0.497 e. The zero-order valence-electron chi connectivity index (χ0n) is 16.7. The summed E-state index contributed by atoms with van der Waals surface area (Å²) in [6.45, 7) is 3.92. The quantitative estimate of drug-likeness (QED) is 0.588. The highest BCUT2D eigenvalue weighted by Crippen LogP contribution is 2.42. The summed E-state index contributed by atoms with van der Waals surface area (Å²) in [7, 11) is 1.64. The molecule has 0 aliphatic carbocycles.